The van der Waals surface area contributed by atoms with E-state index in [0.29, 0.717) is 6.42 Å². The molecule has 0 radical (unpaired) electrons. The Bertz CT molecular complexity index is 640. The molecule has 126 valence electrons. The van der Waals surface area contributed by atoms with Gasteiger partial charge in [0.2, 0.25) is 11.8 Å². The molecule has 1 heterocycles. The van der Waals surface area contributed by atoms with Gasteiger partial charge in [-0.1, -0.05) is 0 Å². The number of aromatic amines is 1. The Kier molecular flexibility index (Phi) is 6.78. The van der Waals surface area contributed by atoms with E-state index in [2.05, 4.69) is 20.9 Å². The second-order valence-electron chi connectivity index (χ2n) is 5.04. The monoisotopic (exact) mass is 324 g/mol. The van der Waals surface area contributed by atoms with Crippen molar-refractivity contribution >= 4 is 23.6 Å². The number of carboxylic acid groups (broad SMARTS) is 1. The van der Waals surface area contributed by atoms with Crippen molar-refractivity contribution in [2.75, 3.05) is 11.9 Å². The molecule has 9 nitrogen and oxygen atoms in total. The number of aromatic nitrogens is 1. The third-order valence-electron chi connectivity index (χ3n) is 2.95. The molecular formula is C14H20N4O5. The number of rotatable bonds is 7. The van der Waals surface area contributed by atoms with Gasteiger partial charge in [0.05, 0.1) is 0 Å². The number of anilines is 1. The first-order valence-electron chi connectivity index (χ1n) is 7.03. The van der Waals surface area contributed by atoms with E-state index in [0.717, 1.165) is 5.56 Å². The Morgan fingerprint density at radius 1 is 1.35 bits per heavy atom. The van der Waals surface area contributed by atoms with Crippen LogP contribution in [0.5, 0.6) is 0 Å². The van der Waals surface area contributed by atoms with Crippen LogP contribution in [0.3, 0.4) is 0 Å². The highest BCUT2D eigenvalue weighted by atomic mass is 16.4. The molecule has 0 fully saturated rings. The van der Waals surface area contributed by atoms with Crippen molar-refractivity contribution in [3.8, 4) is 0 Å². The second kappa shape index (κ2) is 8.57. The summed E-state index contributed by atoms with van der Waals surface area (Å²) in [6.45, 7) is 3.19. The summed E-state index contributed by atoms with van der Waals surface area (Å²) >= 11 is 0. The molecular weight excluding hydrogens is 304 g/mol. The highest BCUT2D eigenvalue weighted by molar-refractivity contribution is 5.96. The van der Waals surface area contributed by atoms with Crippen LogP contribution in [0.25, 0.3) is 0 Å². The van der Waals surface area contributed by atoms with Crippen LogP contribution in [0.2, 0.25) is 0 Å². The van der Waals surface area contributed by atoms with E-state index < -0.39 is 29.5 Å². The minimum atomic E-state index is -1.16. The van der Waals surface area contributed by atoms with Gasteiger partial charge in [-0.2, -0.15) is 0 Å². The average Bonchev–Trinajstić information content (AvgIpc) is 2.45. The van der Waals surface area contributed by atoms with Crippen LogP contribution in [0, 0.1) is 6.92 Å². The van der Waals surface area contributed by atoms with Gasteiger partial charge in [-0.15, -0.1) is 0 Å². The fourth-order valence-electron chi connectivity index (χ4n) is 1.92. The second-order valence-corrected chi connectivity index (χ2v) is 5.04. The summed E-state index contributed by atoms with van der Waals surface area (Å²) in [4.78, 5) is 47.9. The van der Waals surface area contributed by atoms with Crippen LogP contribution in [0.15, 0.2) is 17.1 Å². The molecule has 1 rings (SSSR count). The minimum absolute atomic E-state index is 0.0917. The molecule has 0 aliphatic rings. The van der Waals surface area contributed by atoms with Crippen LogP contribution in [-0.4, -0.2) is 40.6 Å². The van der Waals surface area contributed by atoms with Gasteiger partial charge < -0.3 is 26.0 Å². The van der Waals surface area contributed by atoms with Crippen LogP contribution in [0.1, 0.15) is 25.3 Å². The largest absolute Gasteiger partial charge is 0.465 e. The van der Waals surface area contributed by atoms with E-state index in [1.807, 2.05) is 0 Å². The first-order chi connectivity index (χ1) is 10.8. The number of H-pyrrole nitrogens is 1. The number of aryl methyl sites for hydroxylation is 1. The standard InChI is InChI=1S/C14H20N4O5/c1-8-6-11(12(20)16-7-8)18-13(21)10(17-9(2)19)4-3-5-15-14(22)23/h6-7,10,15H,3-5H2,1-2H3,(H,16,20)(H,17,19)(H,18,21)(H,22,23). The van der Waals surface area contributed by atoms with Crippen LogP contribution < -0.4 is 21.5 Å². The average molecular weight is 324 g/mol. The molecule has 0 saturated carbocycles. The number of carbonyl (C=O) groups is 3. The Labute approximate surface area is 132 Å². The molecule has 0 aromatic carbocycles. The minimum Gasteiger partial charge on any atom is -0.465 e. The van der Waals surface area contributed by atoms with Crippen LogP contribution in [-0.2, 0) is 9.59 Å². The number of hydrogen-bond acceptors (Lipinski definition) is 4. The number of nitrogens with one attached hydrogen (secondary N) is 4. The van der Waals surface area contributed by atoms with Crippen molar-refractivity contribution < 1.29 is 19.5 Å². The predicted octanol–water partition coefficient (Wildman–Crippen LogP) is 0.174. The molecule has 0 aliphatic heterocycles. The normalized spacial score (nSPS) is 11.4. The van der Waals surface area contributed by atoms with Crippen molar-refractivity contribution in [2.24, 2.45) is 0 Å². The molecule has 3 amide bonds. The summed E-state index contributed by atoms with van der Waals surface area (Å²) < 4.78 is 0. The van der Waals surface area contributed by atoms with Gasteiger partial charge in [-0.25, -0.2) is 4.79 Å². The predicted molar refractivity (Wildman–Crippen MR) is 83.3 cm³/mol. The molecule has 1 aromatic rings. The van der Waals surface area contributed by atoms with Gasteiger partial charge in [0.15, 0.2) is 0 Å². The van der Waals surface area contributed by atoms with Gasteiger partial charge in [-0.3, -0.25) is 14.4 Å². The zero-order valence-corrected chi connectivity index (χ0v) is 12.9. The fourth-order valence-corrected chi connectivity index (χ4v) is 1.92. The third-order valence-corrected chi connectivity index (χ3v) is 2.95. The summed E-state index contributed by atoms with van der Waals surface area (Å²) in [5.41, 5.74) is 0.411. The molecule has 5 N–H and O–H groups in total. The molecule has 1 atom stereocenters. The Balaban J connectivity index is 2.71. The van der Waals surface area contributed by atoms with Crippen LogP contribution >= 0.6 is 0 Å². The summed E-state index contributed by atoms with van der Waals surface area (Å²) in [6, 6.07) is 0.663. The summed E-state index contributed by atoms with van der Waals surface area (Å²) in [5.74, 6) is -0.930. The lowest BCUT2D eigenvalue weighted by molar-refractivity contribution is -0.125. The van der Waals surface area contributed by atoms with E-state index in [1.54, 1.807) is 6.92 Å². The number of carbonyl (C=O) groups excluding carboxylic acids is 2. The lowest BCUT2D eigenvalue weighted by Gasteiger charge is -2.17. The maximum atomic E-state index is 12.2. The SMILES string of the molecule is CC(=O)NC(CCCNC(=O)O)C(=O)Nc1cc(C)c[nH]c1=O. The van der Waals surface area contributed by atoms with E-state index in [9.17, 15) is 19.2 Å². The lowest BCUT2D eigenvalue weighted by atomic mass is 10.1. The van der Waals surface area contributed by atoms with Gasteiger partial charge in [-0.05, 0) is 31.4 Å². The molecule has 0 saturated heterocycles. The maximum Gasteiger partial charge on any atom is 0.404 e. The number of hydrogen-bond donors (Lipinski definition) is 5. The highest BCUT2D eigenvalue weighted by Gasteiger charge is 2.20. The van der Waals surface area contributed by atoms with Gasteiger partial charge in [0, 0.05) is 19.7 Å². The first-order valence-corrected chi connectivity index (χ1v) is 7.03. The van der Waals surface area contributed by atoms with E-state index >= 15 is 0 Å². The highest BCUT2D eigenvalue weighted by Crippen LogP contribution is 2.05. The molecule has 1 unspecified atom stereocenters. The summed E-state index contributed by atoms with van der Waals surface area (Å²) in [6.07, 6.45) is 0.947. The van der Waals surface area contributed by atoms with Gasteiger partial charge in [0.25, 0.3) is 5.56 Å². The van der Waals surface area contributed by atoms with Crippen molar-refractivity contribution in [3.63, 3.8) is 0 Å². The maximum absolute atomic E-state index is 12.2. The van der Waals surface area contributed by atoms with Gasteiger partial charge in [0.1, 0.15) is 11.7 Å². The lowest BCUT2D eigenvalue weighted by Crippen LogP contribution is -2.44. The molecule has 0 spiro atoms. The van der Waals surface area contributed by atoms with E-state index in [4.69, 9.17) is 5.11 Å². The number of amides is 3. The van der Waals surface area contributed by atoms with E-state index in [1.165, 1.54) is 19.2 Å². The Morgan fingerprint density at radius 2 is 2.04 bits per heavy atom. The summed E-state index contributed by atoms with van der Waals surface area (Å²) in [5, 5.41) is 15.6. The molecule has 1 aromatic heterocycles. The van der Waals surface area contributed by atoms with Crippen molar-refractivity contribution in [1.82, 2.24) is 15.6 Å². The third kappa shape index (κ3) is 6.64. The smallest absolute Gasteiger partial charge is 0.404 e. The first kappa shape index (κ1) is 18.2. The molecule has 0 bridgehead atoms. The topological polar surface area (TPSA) is 140 Å². The Morgan fingerprint density at radius 3 is 2.65 bits per heavy atom. The Hall–Kier alpha value is -2.84. The zero-order chi connectivity index (χ0) is 17.4. The van der Waals surface area contributed by atoms with Gasteiger partial charge >= 0.3 is 6.09 Å². The van der Waals surface area contributed by atoms with Crippen molar-refractivity contribution in [1.29, 1.82) is 0 Å². The van der Waals surface area contributed by atoms with Crippen molar-refractivity contribution in [2.45, 2.75) is 32.7 Å². The fraction of sp³-hybridized carbons (Fsp3) is 0.429. The van der Waals surface area contributed by atoms with Crippen LogP contribution in [0.4, 0.5) is 10.5 Å². The van der Waals surface area contributed by atoms with Crippen molar-refractivity contribution in [3.05, 3.63) is 28.2 Å². The quantitative estimate of drug-likeness (QED) is 0.455. The molecule has 23 heavy (non-hydrogen) atoms. The molecule has 0 aliphatic carbocycles. The summed E-state index contributed by atoms with van der Waals surface area (Å²) in [7, 11) is 0. The number of pyridine rings is 1. The molecule has 9 heteroatoms. The zero-order valence-electron chi connectivity index (χ0n) is 12.9. The van der Waals surface area contributed by atoms with E-state index in [-0.39, 0.29) is 18.7 Å².